The third-order valence-electron chi connectivity index (χ3n) is 3.53. The van der Waals surface area contributed by atoms with Crippen molar-refractivity contribution in [2.75, 3.05) is 14.2 Å². The molecule has 114 valence electrons. The first-order valence-electron chi connectivity index (χ1n) is 7.15. The van der Waals surface area contributed by atoms with Gasteiger partial charge >= 0.3 is 0 Å². The minimum atomic E-state index is -0.0536. The average Bonchev–Trinajstić information content (AvgIpc) is 2.85. The van der Waals surface area contributed by atoms with Gasteiger partial charge in [-0.25, -0.2) is 0 Å². The molecule has 1 N–H and O–H groups in total. The van der Waals surface area contributed by atoms with Crippen LogP contribution in [0.5, 0.6) is 5.75 Å². The first kappa shape index (κ1) is 15.9. The monoisotopic (exact) mass is 307 g/mol. The van der Waals surface area contributed by atoms with Crippen LogP contribution in [0.3, 0.4) is 0 Å². The Morgan fingerprint density at radius 3 is 2.76 bits per heavy atom. The van der Waals surface area contributed by atoms with Crippen LogP contribution in [0.15, 0.2) is 24.4 Å². The number of halogens is 1. The molecule has 2 aromatic rings. The van der Waals surface area contributed by atoms with Crippen molar-refractivity contribution < 1.29 is 4.74 Å². The van der Waals surface area contributed by atoms with E-state index in [1.54, 1.807) is 13.3 Å². The maximum Gasteiger partial charge on any atom is 0.161 e. The molecule has 0 saturated heterocycles. The summed E-state index contributed by atoms with van der Waals surface area (Å²) < 4.78 is 7.46. The molecule has 1 aromatic carbocycles. The van der Waals surface area contributed by atoms with Crippen molar-refractivity contribution in [2.45, 2.75) is 32.9 Å². The second kappa shape index (κ2) is 6.96. The predicted octanol–water partition coefficient (Wildman–Crippen LogP) is 3.57. The number of rotatable bonds is 6. The van der Waals surface area contributed by atoms with Gasteiger partial charge in [0.2, 0.25) is 0 Å². The Kier molecular flexibility index (Phi) is 5.26. The number of benzene rings is 1. The third-order valence-corrected chi connectivity index (χ3v) is 3.86. The highest BCUT2D eigenvalue weighted by molar-refractivity contribution is 6.31. The number of ether oxygens (including phenoxy) is 1. The highest BCUT2D eigenvalue weighted by Crippen LogP contribution is 2.33. The van der Waals surface area contributed by atoms with E-state index in [9.17, 15) is 0 Å². The van der Waals surface area contributed by atoms with Crippen LogP contribution in [-0.2, 0) is 6.54 Å². The van der Waals surface area contributed by atoms with Gasteiger partial charge in [0.25, 0.3) is 0 Å². The molecule has 0 spiro atoms. The minimum Gasteiger partial charge on any atom is -0.493 e. The number of aromatic nitrogens is 2. The van der Waals surface area contributed by atoms with Gasteiger partial charge in [0.15, 0.2) is 5.75 Å². The molecule has 21 heavy (non-hydrogen) atoms. The fourth-order valence-electron chi connectivity index (χ4n) is 2.52. The molecular formula is C16H22ClN3O. The van der Waals surface area contributed by atoms with Gasteiger partial charge in [0, 0.05) is 11.6 Å². The van der Waals surface area contributed by atoms with Gasteiger partial charge in [-0.3, -0.25) is 4.68 Å². The van der Waals surface area contributed by atoms with Crippen LogP contribution in [-0.4, -0.2) is 23.9 Å². The van der Waals surface area contributed by atoms with E-state index >= 15 is 0 Å². The van der Waals surface area contributed by atoms with Gasteiger partial charge in [-0.15, -0.1) is 0 Å². The molecule has 1 unspecified atom stereocenters. The fourth-order valence-corrected chi connectivity index (χ4v) is 2.87. The Morgan fingerprint density at radius 1 is 1.43 bits per heavy atom. The molecule has 0 radical (unpaired) electrons. The van der Waals surface area contributed by atoms with Crippen molar-refractivity contribution in [1.29, 1.82) is 0 Å². The van der Waals surface area contributed by atoms with Gasteiger partial charge in [0.05, 0.1) is 19.3 Å². The van der Waals surface area contributed by atoms with Crippen LogP contribution in [0.1, 0.15) is 36.2 Å². The Labute approximate surface area is 131 Å². The van der Waals surface area contributed by atoms with Crippen molar-refractivity contribution in [3.8, 4) is 5.75 Å². The highest BCUT2D eigenvalue weighted by atomic mass is 35.5. The van der Waals surface area contributed by atoms with Crippen LogP contribution < -0.4 is 10.1 Å². The smallest absolute Gasteiger partial charge is 0.161 e. The number of hydrogen-bond donors (Lipinski definition) is 1. The molecule has 5 heteroatoms. The summed E-state index contributed by atoms with van der Waals surface area (Å²) in [5, 5.41) is 8.51. The maximum atomic E-state index is 6.43. The first-order chi connectivity index (χ1) is 10.1. The molecule has 2 rings (SSSR count). The minimum absolute atomic E-state index is 0.0536. The lowest BCUT2D eigenvalue weighted by atomic mass is 10.0. The largest absolute Gasteiger partial charge is 0.493 e. The van der Waals surface area contributed by atoms with E-state index in [1.165, 1.54) is 0 Å². The van der Waals surface area contributed by atoms with E-state index in [4.69, 9.17) is 16.3 Å². The molecular weight excluding hydrogens is 286 g/mol. The third kappa shape index (κ3) is 3.22. The van der Waals surface area contributed by atoms with Gasteiger partial charge in [-0.2, -0.15) is 5.10 Å². The molecule has 0 amide bonds. The summed E-state index contributed by atoms with van der Waals surface area (Å²) in [7, 11) is 3.59. The van der Waals surface area contributed by atoms with Gasteiger partial charge in [-0.05, 0) is 37.6 Å². The second-order valence-corrected chi connectivity index (χ2v) is 5.48. The Hall–Kier alpha value is -1.52. The van der Waals surface area contributed by atoms with Crippen molar-refractivity contribution in [2.24, 2.45) is 0 Å². The Morgan fingerprint density at radius 2 is 2.19 bits per heavy atom. The molecule has 1 aromatic heterocycles. The lowest BCUT2D eigenvalue weighted by molar-refractivity contribution is 0.400. The van der Waals surface area contributed by atoms with Gasteiger partial charge in [-0.1, -0.05) is 30.7 Å². The van der Waals surface area contributed by atoms with E-state index in [1.807, 2.05) is 24.7 Å². The van der Waals surface area contributed by atoms with Crippen molar-refractivity contribution >= 4 is 11.6 Å². The van der Waals surface area contributed by atoms with Crippen molar-refractivity contribution in [1.82, 2.24) is 15.1 Å². The number of nitrogens with one attached hydrogen (secondary N) is 1. The molecule has 0 aliphatic rings. The highest BCUT2D eigenvalue weighted by Gasteiger charge is 2.24. The molecule has 0 aliphatic carbocycles. The molecule has 4 nitrogen and oxygen atoms in total. The standard InChI is InChI=1S/C16H22ClN3O/c1-5-8-20-16(14(21-4)10-19-20)15(18-3)12-7-6-11(2)9-13(12)17/h6-7,9-10,15,18H,5,8H2,1-4H3. The van der Waals surface area contributed by atoms with Crippen LogP contribution in [0.4, 0.5) is 0 Å². The fraction of sp³-hybridized carbons (Fsp3) is 0.438. The zero-order valence-corrected chi connectivity index (χ0v) is 13.7. The molecule has 1 heterocycles. The van der Waals surface area contributed by atoms with Crippen LogP contribution in [0, 0.1) is 6.92 Å². The number of aryl methyl sites for hydroxylation is 2. The quantitative estimate of drug-likeness (QED) is 0.886. The van der Waals surface area contributed by atoms with Crippen molar-refractivity contribution in [3.05, 3.63) is 46.2 Å². The van der Waals surface area contributed by atoms with Crippen molar-refractivity contribution in [3.63, 3.8) is 0 Å². The number of methoxy groups -OCH3 is 1. The zero-order valence-electron chi connectivity index (χ0n) is 13.0. The first-order valence-corrected chi connectivity index (χ1v) is 7.53. The summed E-state index contributed by atoms with van der Waals surface area (Å²) >= 11 is 6.43. The summed E-state index contributed by atoms with van der Waals surface area (Å²) in [6.45, 7) is 5.01. The van der Waals surface area contributed by atoms with Crippen LogP contribution in [0.25, 0.3) is 0 Å². The molecule has 0 saturated carbocycles. The predicted molar refractivity (Wildman–Crippen MR) is 86.2 cm³/mol. The molecule has 0 fully saturated rings. The van der Waals surface area contributed by atoms with E-state index in [0.717, 1.165) is 40.6 Å². The lowest BCUT2D eigenvalue weighted by Gasteiger charge is -2.21. The average molecular weight is 308 g/mol. The summed E-state index contributed by atoms with van der Waals surface area (Å²) in [5.41, 5.74) is 3.18. The van der Waals surface area contributed by atoms with Gasteiger partial charge < -0.3 is 10.1 Å². The Balaban J connectivity index is 2.52. The summed E-state index contributed by atoms with van der Waals surface area (Å²) in [4.78, 5) is 0. The summed E-state index contributed by atoms with van der Waals surface area (Å²) in [5.74, 6) is 0.777. The lowest BCUT2D eigenvalue weighted by Crippen LogP contribution is -2.22. The zero-order chi connectivity index (χ0) is 15.4. The maximum absolute atomic E-state index is 6.43. The van der Waals surface area contributed by atoms with E-state index in [-0.39, 0.29) is 6.04 Å². The number of hydrogen-bond acceptors (Lipinski definition) is 3. The SMILES string of the molecule is CCCn1ncc(OC)c1C(NC)c1ccc(C)cc1Cl. The molecule has 1 atom stereocenters. The van der Waals surface area contributed by atoms with E-state index < -0.39 is 0 Å². The topological polar surface area (TPSA) is 39.1 Å². The molecule has 0 aliphatic heterocycles. The summed E-state index contributed by atoms with van der Waals surface area (Å²) in [6, 6.07) is 6.05. The van der Waals surface area contributed by atoms with Crippen LogP contribution >= 0.6 is 11.6 Å². The normalized spacial score (nSPS) is 12.4. The number of nitrogens with zero attached hydrogens (tertiary/aromatic N) is 2. The Bertz CT molecular complexity index is 610. The second-order valence-electron chi connectivity index (χ2n) is 5.07. The summed E-state index contributed by atoms with van der Waals surface area (Å²) in [6.07, 6.45) is 2.77. The van der Waals surface area contributed by atoms with Gasteiger partial charge in [0.1, 0.15) is 5.69 Å². The van der Waals surface area contributed by atoms with Crippen LogP contribution in [0.2, 0.25) is 5.02 Å². The van der Waals surface area contributed by atoms with E-state index in [2.05, 4.69) is 29.5 Å². The van der Waals surface area contributed by atoms with E-state index in [0.29, 0.717) is 0 Å². The molecule has 0 bridgehead atoms.